The fourth-order valence-electron chi connectivity index (χ4n) is 2.04. The van der Waals surface area contributed by atoms with Crippen LogP contribution in [0.25, 0.3) is 11.3 Å². The fraction of sp³-hybridized carbons (Fsp3) is 0.167. The summed E-state index contributed by atoms with van der Waals surface area (Å²) in [6, 6.07) is 9.08. The molecule has 2 heterocycles. The van der Waals surface area contributed by atoms with Crippen LogP contribution in [0.1, 0.15) is 0 Å². The molecule has 0 radical (unpaired) electrons. The Labute approximate surface area is 103 Å². The van der Waals surface area contributed by atoms with Gasteiger partial charge < -0.3 is 15.6 Å². The van der Waals surface area contributed by atoms with Crippen LogP contribution in [-0.4, -0.2) is 24.3 Å². The van der Waals surface area contributed by atoms with E-state index in [1.807, 2.05) is 24.3 Å². The van der Waals surface area contributed by atoms with Gasteiger partial charge in [-0.05, 0) is 6.07 Å². The molecule has 0 atom stereocenters. The van der Waals surface area contributed by atoms with Gasteiger partial charge in [0.25, 0.3) is 0 Å². The van der Waals surface area contributed by atoms with E-state index >= 15 is 0 Å². The first-order valence-corrected chi connectivity index (χ1v) is 5.62. The van der Waals surface area contributed by atoms with Crippen LogP contribution < -0.4 is 16.0 Å². The van der Waals surface area contributed by atoms with Crippen molar-refractivity contribution in [3.8, 4) is 11.3 Å². The number of anilines is 2. The molecule has 3 rings (SSSR count). The average Bonchev–Trinajstić information content (AvgIpc) is 2.98. The Hall–Kier alpha value is -2.50. The maximum absolute atomic E-state index is 11.7. The largest absolute Gasteiger partial charge is 0.368 e. The molecule has 6 heteroatoms. The van der Waals surface area contributed by atoms with Gasteiger partial charge in [0, 0.05) is 24.7 Å². The molecule has 3 N–H and O–H groups in total. The van der Waals surface area contributed by atoms with Crippen LogP contribution >= 0.6 is 0 Å². The normalized spacial score (nSPS) is 14.9. The number of benzene rings is 1. The van der Waals surface area contributed by atoms with Gasteiger partial charge in [-0.15, -0.1) is 0 Å². The van der Waals surface area contributed by atoms with Crippen molar-refractivity contribution < 1.29 is 9.32 Å². The van der Waals surface area contributed by atoms with Crippen LogP contribution in [0.4, 0.5) is 16.4 Å². The highest BCUT2D eigenvalue weighted by atomic mass is 16.5. The van der Waals surface area contributed by atoms with E-state index in [4.69, 9.17) is 10.3 Å². The summed E-state index contributed by atoms with van der Waals surface area (Å²) < 4.78 is 4.87. The average molecular weight is 244 g/mol. The molecule has 0 spiro atoms. The van der Waals surface area contributed by atoms with E-state index in [9.17, 15) is 4.79 Å². The van der Waals surface area contributed by atoms with Gasteiger partial charge in [-0.2, -0.15) is 0 Å². The zero-order valence-electron chi connectivity index (χ0n) is 9.59. The van der Waals surface area contributed by atoms with Crippen LogP contribution in [0.15, 0.2) is 34.9 Å². The topological polar surface area (TPSA) is 84.4 Å². The molecule has 1 fully saturated rings. The minimum Gasteiger partial charge on any atom is -0.368 e. The monoisotopic (exact) mass is 244 g/mol. The number of para-hydroxylation sites is 1. The molecule has 0 aliphatic carbocycles. The second kappa shape index (κ2) is 4.06. The molecule has 0 unspecified atom stereocenters. The van der Waals surface area contributed by atoms with Crippen molar-refractivity contribution in [1.82, 2.24) is 10.5 Å². The SMILES string of the molecule is Nc1cc(-c2ccccc2N2CCNC2=O)no1. The zero-order chi connectivity index (χ0) is 12.5. The number of nitrogens with one attached hydrogen (secondary N) is 1. The van der Waals surface area contributed by atoms with Gasteiger partial charge in [0.05, 0.1) is 5.69 Å². The quantitative estimate of drug-likeness (QED) is 0.837. The summed E-state index contributed by atoms with van der Waals surface area (Å²) in [5.74, 6) is 0.255. The molecule has 1 aromatic carbocycles. The summed E-state index contributed by atoms with van der Waals surface area (Å²) in [4.78, 5) is 13.4. The molecule has 0 bridgehead atoms. The highest BCUT2D eigenvalue weighted by Crippen LogP contribution is 2.31. The fourth-order valence-corrected chi connectivity index (χ4v) is 2.04. The number of nitrogens with zero attached hydrogens (tertiary/aromatic N) is 2. The number of urea groups is 1. The van der Waals surface area contributed by atoms with Gasteiger partial charge in [0.1, 0.15) is 5.69 Å². The molecule has 1 saturated heterocycles. The maximum Gasteiger partial charge on any atom is 0.322 e. The summed E-state index contributed by atoms with van der Waals surface area (Å²) in [7, 11) is 0. The molecule has 1 aliphatic rings. The van der Waals surface area contributed by atoms with Crippen molar-refractivity contribution >= 4 is 17.6 Å². The first kappa shape index (κ1) is 10.6. The Balaban J connectivity index is 2.07. The van der Waals surface area contributed by atoms with Crippen molar-refractivity contribution in [1.29, 1.82) is 0 Å². The number of carbonyl (C=O) groups is 1. The van der Waals surface area contributed by atoms with Crippen LogP contribution in [-0.2, 0) is 0 Å². The molecule has 1 aromatic heterocycles. The first-order chi connectivity index (χ1) is 8.75. The van der Waals surface area contributed by atoms with Crippen molar-refractivity contribution in [2.24, 2.45) is 0 Å². The number of carbonyl (C=O) groups excluding carboxylic acids is 1. The zero-order valence-corrected chi connectivity index (χ0v) is 9.59. The van der Waals surface area contributed by atoms with E-state index in [-0.39, 0.29) is 11.9 Å². The molecule has 6 nitrogen and oxygen atoms in total. The smallest absolute Gasteiger partial charge is 0.322 e. The van der Waals surface area contributed by atoms with Gasteiger partial charge in [-0.3, -0.25) is 4.90 Å². The van der Waals surface area contributed by atoms with E-state index in [1.54, 1.807) is 11.0 Å². The van der Waals surface area contributed by atoms with Crippen LogP contribution in [0.5, 0.6) is 0 Å². The lowest BCUT2D eigenvalue weighted by atomic mass is 10.1. The number of nitrogens with two attached hydrogens (primary N) is 1. The number of rotatable bonds is 2. The van der Waals surface area contributed by atoms with Crippen molar-refractivity contribution in [2.75, 3.05) is 23.7 Å². The van der Waals surface area contributed by atoms with Gasteiger partial charge in [0.2, 0.25) is 5.88 Å². The molecular formula is C12H12N4O2. The minimum atomic E-state index is -0.0982. The third-order valence-electron chi connectivity index (χ3n) is 2.86. The summed E-state index contributed by atoms with van der Waals surface area (Å²) in [5, 5.41) is 6.66. The second-order valence-corrected chi connectivity index (χ2v) is 4.02. The van der Waals surface area contributed by atoms with Crippen molar-refractivity contribution in [2.45, 2.75) is 0 Å². The molecule has 92 valence electrons. The minimum absolute atomic E-state index is 0.0982. The summed E-state index contributed by atoms with van der Waals surface area (Å²) in [5.41, 5.74) is 7.79. The van der Waals surface area contributed by atoms with E-state index < -0.39 is 0 Å². The standard InChI is InChI=1S/C12H12N4O2/c13-11-7-9(15-18-11)8-3-1-2-4-10(8)16-6-5-14-12(16)17/h1-4,7H,5-6,13H2,(H,14,17). The predicted octanol–water partition coefficient (Wildman–Crippen LogP) is 1.45. The Kier molecular flexibility index (Phi) is 2.40. The molecule has 1 aliphatic heterocycles. The Morgan fingerprint density at radius 3 is 2.89 bits per heavy atom. The Morgan fingerprint density at radius 2 is 2.22 bits per heavy atom. The van der Waals surface area contributed by atoms with E-state index in [1.165, 1.54) is 0 Å². The third kappa shape index (κ3) is 1.67. The van der Waals surface area contributed by atoms with Crippen LogP contribution in [0.3, 0.4) is 0 Å². The molecule has 2 amide bonds. The number of hydrogen-bond acceptors (Lipinski definition) is 4. The predicted molar refractivity (Wildman–Crippen MR) is 67.1 cm³/mol. The number of hydrogen-bond donors (Lipinski definition) is 2. The van der Waals surface area contributed by atoms with Gasteiger partial charge >= 0.3 is 6.03 Å². The van der Waals surface area contributed by atoms with E-state index in [0.29, 0.717) is 18.8 Å². The number of amides is 2. The lowest BCUT2D eigenvalue weighted by Gasteiger charge is -2.17. The van der Waals surface area contributed by atoms with E-state index in [0.717, 1.165) is 11.3 Å². The molecule has 18 heavy (non-hydrogen) atoms. The Morgan fingerprint density at radius 1 is 1.39 bits per heavy atom. The second-order valence-electron chi connectivity index (χ2n) is 4.02. The van der Waals surface area contributed by atoms with Gasteiger partial charge in [0.15, 0.2) is 0 Å². The third-order valence-corrected chi connectivity index (χ3v) is 2.86. The first-order valence-electron chi connectivity index (χ1n) is 5.62. The molecular weight excluding hydrogens is 232 g/mol. The van der Waals surface area contributed by atoms with Crippen molar-refractivity contribution in [3.05, 3.63) is 30.3 Å². The number of nitrogen functional groups attached to an aromatic ring is 1. The summed E-state index contributed by atoms with van der Waals surface area (Å²) >= 11 is 0. The maximum atomic E-state index is 11.7. The highest BCUT2D eigenvalue weighted by molar-refractivity contribution is 5.98. The summed E-state index contributed by atoms with van der Waals surface area (Å²) in [6.45, 7) is 1.29. The number of aromatic nitrogens is 1. The van der Waals surface area contributed by atoms with Crippen LogP contribution in [0, 0.1) is 0 Å². The lowest BCUT2D eigenvalue weighted by Crippen LogP contribution is -2.28. The molecule has 2 aromatic rings. The van der Waals surface area contributed by atoms with E-state index in [2.05, 4.69) is 10.5 Å². The van der Waals surface area contributed by atoms with Gasteiger partial charge in [-0.25, -0.2) is 4.79 Å². The molecule has 0 saturated carbocycles. The highest BCUT2D eigenvalue weighted by Gasteiger charge is 2.24. The van der Waals surface area contributed by atoms with Crippen molar-refractivity contribution in [3.63, 3.8) is 0 Å². The van der Waals surface area contributed by atoms with Gasteiger partial charge in [-0.1, -0.05) is 23.4 Å². The summed E-state index contributed by atoms with van der Waals surface area (Å²) in [6.07, 6.45) is 0. The Bertz CT molecular complexity index is 593. The lowest BCUT2D eigenvalue weighted by molar-refractivity contribution is 0.252. The van der Waals surface area contributed by atoms with Crippen LogP contribution in [0.2, 0.25) is 0 Å².